The van der Waals surface area contributed by atoms with E-state index in [1.165, 1.54) is 0 Å². The highest BCUT2D eigenvalue weighted by atomic mass is 16.6. The Morgan fingerprint density at radius 2 is 1.32 bits per heavy atom. The fourth-order valence-electron chi connectivity index (χ4n) is 1.67. The molecule has 0 radical (unpaired) electrons. The summed E-state index contributed by atoms with van der Waals surface area (Å²) in [6.45, 7) is 8.62. The molecule has 0 saturated carbocycles. The average Bonchev–Trinajstić information content (AvgIpc) is 2.82. The molecule has 0 aliphatic carbocycles. The highest BCUT2D eigenvalue weighted by Crippen LogP contribution is 2.22. The molecule has 1 rings (SSSR count). The van der Waals surface area contributed by atoms with Gasteiger partial charge in [0.05, 0.1) is 13.2 Å². The number of hydrogen-bond donors (Lipinski definition) is 0. The Morgan fingerprint density at radius 1 is 0.947 bits per heavy atom. The number of hydrogen-bond acceptors (Lipinski definition) is 5. The summed E-state index contributed by atoms with van der Waals surface area (Å²) in [5.41, 5.74) is 0. The first-order valence-corrected chi connectivity index (χ1v) is 6.88. The van der Waals surface area contributed by atoms with E-state index in [4.69, 9.17) is 14.2 Å². The molecule has 0 N–H and O–H groups in total. The Morgan fingerprint density at radius 3 is 1.63 bits per heavy atom. The van der Waals surface area contributed by atoms with E-state index >= 15 is 0 Å². The standard InChI is InChI=1S/C14H24O5/c1-9(2)7-17-13(15)11-5-6-12(19-11)14(16)18-8-10(3)4/h9-12H,5-8H2,1-4H3. The van der Waals surface area contributed by atoms with Crippen LogP contribution < -0.4 is 0 Å². The maximum Gasteiger partial charge on any atom is 0.335 e. The normalized spacial score (nSPS) is 22.8. The predicted octanol–water partition coefficient (Wildman–Crippen LogP) is 1.93. The molecule has 2 unspecified atom stereocenters. The zero-order valence-corrected chi connectivity index (χ0v) is 12.2. The third-order valence-electron chi connectivity index (χ3n) is 2.66. The zero-order valence-electron chi connectivity index (χ0n) is 12.2. The quantitative estimate of drug-likeness (QED) is 0.691. The molecule has 0 aromatic rings. The van der Waals surface area contributed by atoms with Crippen molar-refractivity contribution in [1.82, 2.24) is 0 Å². The van der Waals surface area contributed by atoms with Gasteiger partial charge >= 0.3 is 11.9 Å². The van der Waals surface area contributed by atoms with E-state index in [0.717, 1.165) is 0 Å². The van der Waals surface area contributed by atoms with Crippen molar-refractivity contribution in [2.45, 2.75) is 52.7 Å². The molecule has 0 aromatic carbocycles. The first-order chi connectivity index (χ1) is 8.90. The second-order valence-corrected chi connectivity index (χ2v) is 5.74. The summed E-state index contributed by atoms with van der Waals surface area (Å²) < 4.78 is 15.6. The van der Waals surface area contributed by atoms with Crippen molar-refractivity contribution >= 4 is 11.9 Å². The molecule has 0 spiro atoms. The lowest BCUT2D eigenvalue weighted by Crippen LogP contribution is -2.29. The van der Waals surface area contributed by atoms with Crippen molar-refractivity contribution < 1.29 is 23.8 Å². The summed E-state index contributed by atoms with van der Waals surface area (Å²) in [6, 6.07) is 0. The van der Waals surface area contributed by atoms with E-state index in [1.54, 1.807) is 0 Å². The van der Waals surface area contributed by atoms with Crippen molar-refractivity contribution in [2.24, 2.45) is 11.8 Å². The van der Waals surface area contributed by atoms with Crippen molar-refractivity contribution in [1.29, 1.82) is 0 Å². The first-order valence-electron chi connectivity index (χ1n) is 6.88. The minimum Gasteiger partial charge on any atom is -0.463 e. The van der Waals surface area contributed by atoms with Crippen LogP contribution in [0.5, 0.6) is 0 Å². The van der Waals surface area contributed by atoms with Gasteiger partial charge in [-0.15, -0.1) is 0 Å². The van der Waals surface area contributed by atoms with Crippen LogP contribution in [0.1, 0.15) is 40.5 Å². The third kappa shape index (κ3) is 5.59. The Kier molecular flexibility index (Phi) is 6.28. The van der Waals surface area contributed by atoms with E-state index in [2.05, 4.69) is 0 Å². The SMILES string of the molecule is CC(C)COC(=O)C1CCC(C(=O)OCC(C)C)O1. The first kappa shape index (κ1) is 16.0. The maximum atomic E-state index is 11.7. The molecule has 1 aliphatic rings. The number of ether oxygens (including phenoxy) is 3. The Balaban J connectivity index is 2.32. The lowest BCUT2D eigenvalue weighted by atomic mass is 10.2. The Hall–Kier alpha value is -1.10. The molecule has 5 nitrogen and oxygen atoms in total. The average molecular weight is 272 g/mol. The van der Waals surface area contributed by atoms with E-state index in [0.29, 0.717) is 26.1 Å². The van der Waals surface area contributed by atoms with Crippen LogP contribution in [0, 0.1) is 11.8 Å². The van der Waals surface area contributed by atoms with Gasteiger partial charge in [0.1, 0.15) is 0 Å². The van der Waals surface area contributed by atoms with Gasteiger partial charge in [-0.2, -0.15) is 0 Å². The summed E-state index contributed by atoms with van der Waals surface area (Å²) in [7, 11) is 0. The van der Waals surface area contributed by atoms with Gasteiger partial charge in [-0.1, -0.05) is 27.7 Å². The second-order valence-electron chi connectivity index (χ2n) is 5.74. The van der Waals surface area contributed by atoms with Gasteiger partial charge < -0.3 is 14.2 Å². The zero-order chi connectivity index (χ0) is 14.4. The van der Waals surface area contributed by atoms with Crippen LogP contribution in [0.4, 0.5) is 0 Å². The second kappa shape index (κ2) is 7.48. The van der Waals surface area contributed by atoms with E-state index in [1.807, 2.05) is 27.7 Å². The molecule has 0 bridgehead atoms. The van der Waals surface area contributed by atoms with E-state index in [-0.39, 0.29) is 23.8 Å². The summed E-state index contributed by atoms with van der Waals surface area (Å²) in [6.07, 6.45) is -0.234. The fraction of sp³-hybridized carbons (Fsp3) is 0.857. The summed E-state index contributed by atoms with van der Waals surface area (Å²) in [5.74, 6) is -0.185. The smallest absolute Gasteiger partial charge is 0.335 e. The summed E-state index contributed by atoms with van der Waals surface area (Å²) in [5, 5.41) is 0. The molecule has 1 aliphatic heterocycles. The van der Waals surface area contributed by atoms with E-state index in [9.17, 15) is 9.59 Å². The highest BCUT2D eigenvalue weighted by molar-refractivity contribution is 5.79. The molecule has 5 heteroatoms. The molecule has 110 valence electrons. The van der Waals surface area contributed by atoms with Gasteiger partial charge in [-0.05, 0) is 24.7 Å². The minimum atomic E-state index is -0.629. The fourth-order valence-corrected chi connectivity index (χ4v) is 1.67. The van der Waals surface area contributed by atoms with Crippen LogP contribution >= 0.6 is 0 Å². The topological polar surface area (TPSA) is 61.8 Å². The monoisotopic (exact) mass is 272 g/mol. The lowest BCUT2D eigenvalue weighted by Gasteiger charge is -2.14. The highest BCUT2D eigenvalue weighted by Gasteiger charge is 2.36. The molecule has 19 heavy (non-hydrogen) atoms. The molecule has 1 fully saturated rings. The third-order valence-corrected chi connectivity index (χ3v) is 2.66. The summed E-state index contributed by atoms with van der Waals surface area (Å²) >= 11 is 0. The summed E-state index contributed by atoms with van der Waals surface area (Å²) in [4.78, 5) is 23.4. The van der Waals surface area contributed by atoms with Crippen molar-refractivity contribution in [3.05, 3.63) is 0 Å². The van der Waals surface area contributed by atoms with Crippen molar-refractivity contribution in [3.8, 4) is 0 Å². The largest absolute Gasteiger partial charge is 0.463 e. The van der Waals surface area contributed by atoms with Gasteiger partial charge in [0.15, 0.2) is 12.2 Å². The Bertz CT molecular complexity index is 281. The number of esters is 2. The van der Waals surface area contributed by atoms with Gasteiger partial charge in [0.25, 0.3) is 0 Å². The number of rotatable bonds is 6. The van der Waals surface area contributed by atoms with Crippen LogP contribution in [0.2, 0.25) is 0 Å². The van der Waals surface area contributed by atoms with Crippen LogP contribution in [0.3, 0.4) is 0 Å². The minimum absolute atomic E-state index is 0.289. The van der Waals surface area contributed by atoms with Crippen molar-refractivity contribution in [2.75, 3.05) is 13.2 Å². The molecular formula is C14H24O5. The van der Waals surface area contributed by atoms with Crippen LogP contribution in [0.15, 0.2) is 0 Å². The van der Waals surface area contributed by atoms with Gasteiger partial charge in [-0.25, -0.2) is 9.59 Å². The molecule has 0 amide bonds. The van der Waals surface area contributed by atoms with Gasteiger partial charge in [0.2, 0.25) is 0 Å². The molecule has 1 saturated heterocycles. The molecule has 0 aromatic heterocycles. The number of carbonyl (C=O) groups is 2. The lowest BCUT2D eigenvalue weighted by molar-refractivity contribution is -0.166. The maximum absolute atomic E-state index is 11.7. The predicted molar refractivity (Wildman–Crippen MR) is 69.5 cm³/mol. The Labute approximate surface area is 114 Å². The van der Waals surface area contributed by atoms with Crippen LogP contribution in [-0.2, 0) is 23.8 Å². The van der Waals surface area contributed by atoms with E-state index < -0.39 is 12.2 Å². The van der Waals surface area contributed by atoms with Crippen LogP contribution in [0.25, 0.3) is 0 Å². The molecular weight excluding hydrogens is 248 g/mol. The van der Waals surface area contributed by atoms with Gasteiger partial charge in [0, 0.05) is 0 Å². The van der Waals surface area contributed by atoms with Crippen LogP contribution in [-0.4, -0.2) is 37.4 Å². The molecule has 2 atom stereocenters. The van der Waals surface area contributed by atoms with Gasteiger partial charge in [-0.3, -0.25) is 0 Å². The number of carbonyl (C=O) groups excluding carboxylic acids is 2. The molecule has 1 heterocycles. The van der Waals surface area contributed by atoms with Crippen molar-refractivity contribution in [3.63, 3.8) is 0 Å².